The highest BCUT2D eigenvalue weighted by atomic mass is 16.3. The Kier molecular flexibility index (Phi) is 2.35. The molecular formula is C9H18O. The van der Waals surface area contributed by atoms with Crippen molar-refractivity contribution in [3.8, 4) is 0 Å². The third kappa shape index (κ3) is 1.51. The highest BCUT2D eigenvalue weighted by Gasteiger charge is 2.31. The summed E-state index contributed by atoms with van der Waals surface area (Å²) < 4.78 is 0. The molecule has 0 radical (unpaired) electrons. The van der Waals surface area contributed by atoms with Gasteiger partial charge in [0.15, 0.2) is 0 Å². The average Bonchev–Trinajstić information content (AvgIpc) is 1.87. The normalized spacial score (nSPS) is 32.1. The molecule has 0 aliphatic heterocycles. The Morgan fingerprint density at radius 2 is 2.10 bits per heavy atom. The van der Waals surface area contributed by atoms with Gasteiger partial charge in [-0.1, -0.05) is 26.7 Å². The molecule has 0 aromatic heterocycles. The second kappa shape index (κ2) is 2.91. The Bertz CT molecular complexity index is 107. The Morgan fingerprint density at radius 3 is 2.50 bits per heavy atom. The first-order valence-electron chi connectivity index (χ1n) is 4.27. The van der Waals surface area contributed by atoms with Crippen molar-refractivity contribution in [1.29, 1.82) is 0 Å². The van der Waals surface area contributed by atoms with Crippen LogP contribution in [0.3, 0.4) is 0 Å². The van der Waals surface area contributed by atoms with Crippen LogP contribution in [0.2, 0.25) is 0 Å². The molecule has 0 amide bonds. The molecule has 1 rings (SSSR count). The molecule has 0 heterocycles. The molecule has 1 saturated carbocycles. The van der Waals surface area contributed by atoms with E-state index < -0.39 is 0 Å². The molecular weight excluding hydrogens is 124 g/mol. The lowest BCUT2D eigenvalue weighted by atomic mass is 9.69. The minimum Gasteiger partial charge on any atom is -0.396 e. The van der Waals surface area contributed by atoms with Crippen molar-refractivity contribution < 1.29 is 5.11 Å². The third-order valence-electron chi connectivity index (χ3n) is 2.95. The van der Waals surface area contributed by atoms with E-state index in [9.17, 15) is 0 Å². The first kappa shape index (κ1) is 8.06. The van der Waals surface area contributed by atoms with Gasteiger partial charge in [-0.15, -0.1) is 0 Å². The molecule has 1 unspecified atom stereocenters. The monoisotopic (exact) mass is 142 g/mol. The van der Waals surface area contributed by atoms with Gasteiger partial charge in [-0.05, 0) is 24.2 Å². The summed E-state index contributed by atoms with van der Waals surface area (Å²) in [5.41, 5.74) is 0.396. The Hall–Kier alpha value is -0.0400. The van der Waals surface area contributed by atoms with E-state index in [0.29, 0.717) is 17.9 Å². The van der Waals surface area contributed by atoms with Crippen LogP contribution in [0.25, 0.3) is 0 Å². The summed E-state index contributed by atoms with van der Waals surface area (Å²) in [6.07, 6.45) is 5.18. The van der Waals surface area contributed by atoms with E-state index in [1.807, 2.05) is 0 Å². The quantitative estimate of drug-likeness (QED) is 0.595. The standard InChI is InChI=1S/C9H18O/c1-9(2)6-4-3-5-8(9)7-10/h8,10H,3-7H2,1-2H3. The fraction of sp³-hybridized carbons (Fsp3) is 1.00. The molecule has 0 aromatic rings. The molecule has 0 saturated heterocycles. The summed E-state index contributed by atoms with van der Waals surface area (Å²) in [5, 5.41) is 9.03. The maximum absolute atomic E-state index is 9.03. The molecule has 0 bridgehead atoms. The van der Waals surface area contributed by atoms with Crippen LogP contribution in [-0.4, -0.2) is 11.7 Å². The average molecular weight is 142 g/mol. The zero-order valence-electron chi connectivity index (χ0n) is 7.06. The highest BCUT2D eigenvalue weighted by Crippen LogP contribution is 2.39. The number of hydrogen-bond donors (Lipinski definition) is 1. The van der Waals surface area contributed by atoms with Crippen molar-refractivity contribution >= 4 is 0 Å². The van der Waals surface area contributed by atoms with Crippen molar-refractivity contribution in [2.75, 3.05) is 6.61 Å². The Labute approximate surface area is 63.4 Å². The maximum Gasteiger partial charge on any atom is 0.0464 e. The molecule has 0 aromatic carbocycles. The maximum atomic E-state index is 9.03. The largest absolute Gasteiger partial charge is 0.396 e. The molecule has 1 heteroatoms. The molecule has 60 valence electrons. The molecule has 1 N–H and O–H groups in total. The van der Waals surface area contributed by atoms with Crippen LogP contribution in [0, 0.1) is 11.3 Å². The van der Waals surface area contributed by atoms with Gasteiger partial charge in [0.1, 0.15) is 0 Å². The number of rotatable bonds is 1. The first-order chi connectivity index (χ1) is 4.67. The van der Waals surface area contributed by atoms with Gasteiger partial charge in [0.2, 0.25) is 0 Å². The summed E-state index contributed by atoms with van der Waals surface area (Å²) in [7, 11) is 0. The minimum absolute atomic E-state index is 0.382. The minimum atomic E-state index is 0.382. The van der Waals surface area contributed by atoms with Gasteiger partial charge in [0.25, 0.3) is 0 Å². The van der Waals surface area contributed by atoms with Gasteiger partial charge >= 0.3 is 0 Å². The molecule has 10 heavy (non-hydrogen) atoms. The smallest absolute Gasteiger partial charge is 0.0464 e. The Balaban J connectivity index is 2.51. The van der Waals surface area contributed by atoms with E-state index in [4.69, 9.17) is 5.11 Å². The zero-order valence-corrected chi connectivity index (χ0v) is 7.06. The van der Waals surface area contributed by atoms with Crippen molar-refractivity contribution in [3.05, 3.63) is 0 Å². The van der Waals surface area contributed by atoms with Crippen LogP contribution >= 0.6 is 0 Å². The fourth-order valence-electron chi connectivity index (χ4n) is 1.90. The zero-order chi connectivity index (χ0) is 7.61. The lowest BCUT2D eigenvalue weighted by Gasteiger charge is -2.37. The van der Waals surface area contributed by atoms with Gasteiger partial charge in [-0.2, -0.15) is 0 Å². The number of aliphatic hydroxyl groups excluding tert-OH is 1. The van der Waals surface area contributed by atoms with Crippen molar-refractivity contribution in [3.63, 3.8) is 0 Å². The molecule has 1 fully saturated rings. The first-order valence-corrected chi connectivity index (χ1v) is 4.27. The van der Waals surface area contributed by atoms with Crippen molar-refractivity contribution in [2.24, 2.45) is 11.3 Å². The van der Waals surface area contributed by atoms with Gasteiger partial charge < -0.3 is 5.11 Å². The summed E-state index contributed by atoms with van der Waals surface area (Å²) in [6.45, 7) is 4.92. The summed E-state index contributed by atoms with van der Waals surface area (Å²) >= 11 is 0. The second-order valence-corrected chi connectivity index (χ2v) is 4.11. The molecule has 1 aliphatic rings. The van der Waals surface area contributed by atoms with Gasteiger partial charge in [-0.25, -0.2) is 0 Å². The van der Waals surface area contributed by atoms with E-state index in [-0.39, 0.29) is 0 Å². The Morgan fingerprint density at radius 1 is 1.40 bits per heavy atom. The van der Waals surface area contributed by atoms with E-state index in [1.165, 1.54) is 25.7 Å². The summed E-state index contributed by atoms with van der Waals surface area (Å²) in [6, 6.07) is 0. The van der Waals surface area contributed by atoms with Gasteiger partial charge in [0, 0.05) is 6.61 Å². The SMILES string of the molecule is CC1(C)CCCCC1CO. The van der Waals surface area contributed by atoms with E-state index >= 15 is 0 Å². The van der Waals surface area contributed by atoms with Crippen molar-refractivity contribution in [1.82, 2.24) is 0 Å². The molecule has 1 nitrogen and oxygen atoms in total. The number of aliphatic hydroxyl groups is 1. The van der Waals surface area contributed by atoms with E-state index in [0.717, 1.165) is 0 Å². The predicted octanol–water partition coefficient (Wildman–Crippen LogP) is 2.20. The number of hydrogen-bond acceptors (Lipinski definition) is 1. The van der Waals surface area contributed by atoms with Gasteiger partial charge in [-0.3, -0.25) is 0 Å². The van der Waals surface area contributed by atoms with Crippen LogP contribution in [-0.2, 0) is 0 Å². The predicted molar refractivity (Wildman–Crippen MR) is 42.8 cm³/mol. The lowest BCUT2D eigenvalue weighted by Crippen LogP contribution is -2.30. The van der Waals surface area contributed by atoms with E-state index in [2.05, 4.69) is 13.8 Å². The van der Waals surface area contributed by atoms with Gasteiger partial charge in [0.05, 0.1) is 0 Å². The van der Waals surface area contributed by atoms with Crippen molar-refractivity contribution in [2.45, 2.75) is 39.5 Å². The highest BCUT2D eigenvalue weighted by molar-refractivity contribution is 4.81. The molecule has 1 atom stereocenters. The van der Waals surface area contributed by atoms with Crippen LogP contribution in [0.1, 0.15) is 39.5 Å². The van der Waals surface area contributed by atoms with Crippen LogP contribution in [0.4, 0.5) is 0 Å². The molecule has 1 aliphatic carbocycles. The summed E-state index contributed by atoms with van der Waals surface area (Å²) in [5.74, 6) is 0.557. The lowest BCUT2D eigenvalue weighted by molar-refractivity contribution is 0.0739. The van der Waals surface area contributed by atoms with E-state index in [1.54, 1.807) is 0 Å². The second-order valence-electron chi connectivity index (χ2n) is 4.11. The van der Waals surface area contributed by atoms with Crippen LogP contribution < -0.4 is 0 Å². The third-order valence-corrected chi connectivity index (χ3v) is 2.95. The van der Waals surface area contributed by atoms with Crippen LogP contribution in [0.5, 0.6) is 0 Å². The summed E-state index contributed by atoms with van der Waals surface area (Å²) in [4.78, 5) is 0. The topological polar surface area (TPSA) is 20.2 Å². The fourth-order valence-corrected chi connectivity index (χ4v) is 1.90. The van der Waals surface area contributed by atoms with Crippen LogP contribution in [0.15, 0.2) is 0 Å². The molecule has 0 spiro atoms.